The molecule has 3 aliphatic rings. The molecule has 300 valence electrons. The topological polar surface area (TPSA) is 76.1 Å². The summed E-state index contributed by atoms with van der Waals surface area (Å²) in [7, 11) is 0. The SMILES string of the molecule is C=C(/C=C1\C(=C/C)c2ccccc2C1(/C=C\C=C/C)C1=CC=CCC1)c1cc(-c2ccccc2)ccc1NCC1=CC=CC1.CC.CC.NNC(N)c1ccccc1. The van der Waals surface area contributed by atoms with Crippen molar-refractivity contribution in [3.05, 3.63) is 222 Å². The van der Waals surface area contributed by atoms with Gasteiger partial charge in [0.1, 0.15) is 0 Å². The number of hydrazine groups is 1. The maximum atomic E-state index is 5.56. The average molecular weight is 769 g/mol. The van der Waals surface area contributed by atoms with E-state index < -0.39 is 0 Å². The second-order valence-electron chi connectivity index (χ2n) is 13.7. The number of benzene rings is 4. The Balaban J connectivity index is 0.000000457. The van der Waals surface area contributed by atoms with E-state index in [9.17, 15) is 0 Å². The van der Waals surface area contributed by atoms with Gasteiger partial charge in [-0.3, -0.25) is 5.84 Å². The Bertz CT molecular complexity index is 2180. The molecule has 58 heavy (non-hydrogen) atoms. The van der Waals surface area contributed by atoms with Gasteiger partial charge in [0.25, 0.3) is 0 Å². The van der Waals surface area contributed by atoms with Gasteiger partial charge in [0.2, 0.25) is 0 Å². The number of fused-ring (bicyclic) bond motifs is 1. The van der Waals surface area contributed by atoms with E-state index in [1.54, 1.807) is 0 Å². The van der Waals surface area contributed by atoms with Crippen LogP contribution in [-0.4, -0.2) is 6.54 Å². The molecular weight excluding hydrogens is 705 g/mol. The van der Waals surface area contributed by atoms with Crippen LogP contribution in [0.3, 0.4) is 0 Å². The molecule has 4 aromatic rings. The number of nitrogens with two attached hydrogens (primary N) is 2. The fourth-order valence-electron chi connectivity index (χ4n) is 7.56. The molecule has 7 rings (SSSR count). The molecule has 0 aromatic heterocycles. The van der Waals surface area contributed by atoms with E-state index in [4.69, 9.17) is 18.2 Å². The molecule has 6 N–H and O–H groups in total. The van der Waals surface area contributed by atoms with E-state index in [0.717, 1.165) is 48.2 Å². The smallest absolute Gasteiger partial charge is 0.0935 e. The van der Waals surface area contributed by atoms with Crippen LogP contribution in [0.25, 0.3) is 22.3 Å². The molecule has 0 heterocycles. The maximum absolute atomic E-state index is 5.56. The second kappa shape index (κ2) is 23.5. The highest BCUT2D eigenvalue weighted by molar-refractivity contribution is 5.97. The molecule has 0 bridgehead atoms. The number of allylic oxidation sites excluding steroid dienone is 16. The first-order valence-corrected chi connectivity index (χ1v) is 20.9. The van der Waals surface area contributed by atoms with Crippen molar-refractivity contribution in [2.24, 2.45) is 11.6 Å². The van der Waals surface area contributed by atoms with E-state index >= 15 is 0 Å². The third kappa shape index (κ3) is 10.8. The Morgan fingerprint density at radius 1 is 0.810 bits per heavy atom. The Labute approximate surface area is 349 Å². The van der Waals surface area contributed by atoms with Crippen molar-refractivity contribution in [1.82, 2.24) is 5.43 Å². The summed E-state index contributed by atoms with van der Waals surface area (Å²) >= 11 is 0. The van der Waals surface area contributed by atoms with Gasteiger partial charge >= 0.3 is 0 Å². The summed E-state index contributed by atoms with van der Waals surface area (Å²) in [6.45, 7) is 17.8. The average Bonchev–Trinajstić information content (AvgIpc) is 3.92. The standard InChI is InChI=1S/C43H41N.C7H11N3.2C2H6/c1-4-6-17-28-43(36-22-11-8-12-23-36)40-25-16-15-24-38(40)37(5-2)41(43)29-32(3)39-30-35(34-20-9-7-10-21-34)26-27-42(39)44-31-33-18-13-14-19-33;8-7(10-9)6-4-2-1-3-5-6;2*1-2/h4-11,13-18,20-22,24-30,44H,3,12,19,23,31H2,1-2H3;1-5,7,10H,8-9H2;2*1-2H3/b6-4-,28-17-,37-5-,41-29+;;;. The summed E-state index contributed by atoms with van der Waals surface area (Å²) in [6.07, 6.45) is 29.7. The van der Waals surface area contributed by atoms with Crippen LogP contribution in [0.2, 0.25) is 0 Å². The molecule has 0 aliphatic heterocycles. The van der Waals surface area contributed by atoms with Gasteiger partial charge in [-0.2, -0.15) is 0 Å². The van der Waals surface area contributed by atoms with Crippen LogP contribution >= 0.6 is 0 Å². The van der Waals surface area contributed by atoms with Crippen LogP contribution in [0.5, 0.6) is 0 Å². The zero-order chi connectivity index (χ0) is 41.8. The van der Waals surface area contributed by atoms with Crippen LogP contribution in [0.1, 0.15) is 89.2 Å². The number of anilines is 1. The molecule has 0 radical (unpaired) electrons. The van der Waals surface area contributed by atoms with Crippen molar-refractivity contribution < 1.29 is 0 Å². The van der Waals surface area contributed by atoms with Gasteiger partial charge in [-0.15, -0.1) is 0 Å². The van der Waals surface area contributed by atoms with Crippen molar-refractivity contribution in [3.8, 4) is 11.1 Å². The van der Waals surface area contributed by atoms with E-state index in [2.05, 4.69) is 170 Å². The van der Waals surface area contributed by atoms with Gasteiger partial charge in [0, 0.05) is 17.8 Å². The lowest BCUT2D eigenvalue weighted by molar-refractivity contribution is 0.577. The summed E-state index contributed by atoms with van der Waals surface area (Å²) in [4.78, 5) is 0. The number of nitrogens with one attached hydrogen (secondary N) is 2. The molecule has 0 spiro atoms. The Morgan fingerprint density at radius 2 is 1.50 bits per heavy atom. The highest BCUT2D eigenvalue weighted by atomic mass is 15.3. The lowest BCUT2D eigenvalue weighted by Gasteiger charge is -2.34. The minimum atomic E-state index is -0.378. The lowest BCUT2D eigenvalue weighted by Crippen LogP contribution is -2.33. The van der Waals surface area contributed by atoms with Gasteiger partial charge in [0.15, 0.2) is 0 Å². The van der Waals surface area contributed by atoms with Gasteiger partial charge in [-0.1, -0.05) is 198 Å². The van der Waals surface area contributed by atoms with E-state index in [0.29, 0.717) is 0 Å². The largest absolute Gasteiger partial charge is 0.381 e. The van der Waals surface area contributed by atoms with E-state index in [-0.39, 0.29) is 11.6 Å². The van der Waals surface area contributed by atoms with Gasteiger partial charge in [-0.05, 0) is 101 Å². The van der Waals surface area contributed by atoms with Gasteiger partial charge in [-0.25, -0.2) is 5.43 Å². The van der Waals surface area contributed by atoms with Crippen molar-refractivity contribution in [2.75, 3.05) is 11.9 Å². The fraction of sp³-hybridized carbons (Fsp3) is 0.222. The third-order valence-corrected chi connectivity index (χ3v) is 10.3. The van der Waals surface area contributed by atoms with Crippen LogP contribution in [-0.2, 0) is 5.41 Å². The number of hydrogen-bond acceptors (Lipinski definition) is 4. The summed E-state index contributed by atoms with van der Waals surface area (Å²) in [6, 6.07) is 35.9. The van der Waals surface area contributed by atoms with E-state index in [1.807, 2.05) is 58.0 Å². The number of hydrogen-bond donors (Lipinski definition) is 4. The van der Waals surface area contributed by atoms with Crippen molar-refractivity contribution in [2.45, 2.75) is 72.4 Å². The zero-order valence-corrected chi connectivity index (χ0v) is 35.5. The summed E-state index contributed by atoms with van der Waals surface area (Å²) in [5.74, 6) is 5.13. The first-order chi connectivity index (χ1) is 28.5. The van der Waals surface area contributed by atoms with E-state index in [1.165, 1.54) is 44.5 Å². The first-order valence-electron chi connectivity index (χ1n) is 20.9. The summed E-state index contributed by atoms with van der Waals surface area (Å²) < 4.78 is 0. The predicted octanol–water partition coefficient (Wildman–Crippen LogP) is 13.5. The molecule has 4 aromatic carbocycles. The molecule has 2 unspecified atom stereocenters. The Kier molecular flexibility index (Phi) is 18.2. The highest BCUT2D eigenvalue weighted by Gasteiger charge is 2.45. The minimum absolute atomic E-state index is 0.263. The first kappa shape index (κ1) is 44.9. The van der Waals surface area contributed by atoms with Crippen LogP contribution < -0.4 is 22.3 Å². The molecule has 3 aliphatic carbocycles. The zero-order valence-electron chi connectivity index (χ0n) is 35.5. The van der Waals surface area contributed by atoms with Gasteiger partial charge in [0.05, 0.1) is 11.6 Å². The molecule has 4 heteroatoms. The molecule has 2 atom stereocenters. The second-order valence-corrected chi connectivity index (χ2v) is 13.7. The third-order valence-electron chi connectivity index (χ3n) is 10.3. The Hall–Kier alpha value is -5.78. The normalized spacial score (nSPS) is 18.3. The van der Waals surface area contributed by atoms with Crippen molar-refractivity contribution >= 4 is 16.8 Å². The number of rotatable bonds is 11. The fourth-order valence-corrected chi connectivity index (χ4v) is 7.56. The summed E-state index contributed by atoms with van der Waals surface area (Å²) in [5, 5.41) is 3.75. The highest BCUT2D eigenvalue weighted by Crippen LogP contribution is 2.56. The molecule has 0 saturated carbocycles. The lowest BCUT2D eigenvalue weighted by atomic mass is 9.68. The maximum Gasteiger partial charge on any atom is 0.0935 e. The quantitative estimate of drug-likeness (QED) is 0.0530. The van der Waals surface area contributed by atoms with Crippen LogP contribution in [0.15, 0.2) is 199 Å². The Morgan fingerprint density at radius 3 is 2.14 bits per heavy atom. The molecule has 0 fully saturated rings. The van der Waals surface area contributed by atoms with Gasteiger partial charge < -0.3 is 11.1 Å². The molecular formula is C54H64N4. The minimum Gasteiger partial charge on any atom is -0.381 e. The molecule has 0 amide bonds. The van der Waals surface area contributed by atoms with Crippen LogP contribution in [0, 0.1) is 0 Å². The van der Waals surface area contributed by atoms with Crippen LogP contribution in [0.4, 0.5) is 5.69 Å². The van der Waals surface area contributed by atoms with Crippen molar-refractivity contribution in [1.29, 1.82) is 0 Å². The predicted molar refractivity (Wildman–Crippen MR) is 255 cm³/mol. The summed E-state index contributed by atoms with van der Waals surface area (Å²) in [5.41, 5.74) is 22.3. The molecule has 0 saturated heterocycles. The molecule has 4 nitrogen and oxygen atoms in total. The van der Waals surface area contributed by atoms with Crippen molar-refractivity contribution in [3.63, 3.8) is 0 Å². The monoisotopic (exact) mass is 769 g/mol.